The van der Waals surface area contributed by atoms with Gasteiger partial charge in [-0.15, -0.1) is 0 Å². The fraction of sp³-hybridized carbons (Fsp3) is 0.364. The predicted octanol–water partition coefficient (Wildman–Crippen LogP) is 2.93. The number of halogens is 2. The summed E-state index contributed by atoms with van der Waals surface area (Å²) in [5.41, 5.74) is 0.874. The van der Waals surface area contributed by atoms with Crippen LogP contribution in [0.25, 0.3) is 0 Å². The molecule has 1 rings (SSSR count). The Labute approximate surface area is 97.4 Å². The molecule has 0 unspecified atom stereocenters. The molecule has 80 valence electrons. The first-order valence-electron chi connectivity index (χ1n) is 4.70. The van der Waals surface area contributed by atoms with Gasteiger partial charge in [0.25, 0.3) is 0 Å². The highest BCUT2D eigenvalue weighted by Gasteiger charge is 2.04. The predicted molar refractivity (Wildman–Crippen MR) is 60.7 cm³/mol. The summed E-state index contributed by atoms with van der Waals surface area (Å²) in [4.78, 5) is 1.95. The molecule has 0 N–H and O–H groups in total. The molecule has 1 aromatic rings. The molecular formula is C11H12BrFN2. The minimum Gasteiger partial charge on any atom is -0.287 e. The van der Waals surface area contributed by atoms with Crippen molar-refractivity contribution in [3.8, 4) is 6.07 Å². The zero-order valence-corrected chi connectivity index (χ0v) is 10.1. The molecule has 0 radical (unpaired) electrons. The molecule has 0 aliphatic rings. The van der Waals surface area contributed by atoms with Crippen LogP contribution in [0.2, 0.25) is 0 Å². The highest BCUT2D eigenvalue weighted by molar-refractivity contribution is 9.10. The summed E-state index contributed by atoms with van der Waals surface area (Å²) < 4.78 is 13.8. The first-order chi connectivity index (χ1) is 7.15. The van der Waals surface area contributed by atoms with Crippen molar-refractivity contribution in [1.82, 2.24) is 4.90 Å². The molecule has 0 aromatic heterocycles. The summed E-state index contributed by atoms with van der Waals surface area (Å²) in [6.07, 6.45) is 0. The van der Waals surface area contributed by atoms with Crippen LogP contribution in [-0.4, -0.2) is 18.0 Å². The minimum atomic E-state index is -0.257. The van der Waals surface area contributed by atoms with E-state index in [2.05, 4.69) is 22.0 Å². The Morgan fingerprint density at radius 3 is 2.73 bits per heavy atom. The van der Waals surface area contributed by atoms with E-state index in [4.69, 9.17) is 5.26 Å². The van der Waals surface area contributed by atoms with Crippen LogP contribution in [0.4, 0.5) is 4.39 Å². The van der Waals surface area contributed by atoms with Gasteiger partial charge in [-0.1, -0.05) is 22.9 Å². The maximum atomic E-state index is 13.1. The summed E-state index contributed by atoms with van der Waals surface area (Å²) in [7, 11) is 0. The lowest BCUT2D eigenvalue weighted by Gasteiger charge is -2.16. The summed E-state index contributed by atoms with van der Waals surface area (Å²) in [5.74, 6) is -0.257. The fourth-order valence-electron chi connectivity index (χ4n) is 1.34. The molecule has 0 saturated heterocycles. The third kappa shape index (κ3) is 3.98. The van der Waals surface area contributed by atoms with E-state index in [1.807, 2.05) is 17.9 Å². The van der Waals surface area contributed by atoms with Gasteiger partial charge in [0.05, 0.1) is 12.6 Å². The van der Waals surface area contributed by atoms with Gasteiger partial charge in [-0.2, -0.15) is 5.26 Å². The van der Waals surface area contributed by atoms with Crippen LogP contribution in [0, 0.1) is 17.1 Å². The van der Waals surface area contributed by atoms with Crippen molar-refractivity contribution < 1.29 is 4.39 Å². The molecule has 0 atom stereocenters. The maximum absolute atomic E-state index is 13.1. The van der Waals surface area contributed by atoms with Gasteiger partial charge >= 0.3 is 0 Å². The lowest BCUT2D eigenvalue weighted by molar-refractivity contribution is 0.314. The lowest BCUT2D eigenvalue weighted by Crippen LogP contribution is -2.23. The summed E-state index contributed by atoms with van der Waals surface area (Å²) in [6, 6.07) is 6.86. The second-order valence-corrected chi connectivity index (χ2v) is 4.15. The molecule has 15 heavy (non-hydrogen) atoms. The fourth-order valence-corrected chi connectivity index (χ4v) is 1.85. The molecule has 0 heterocycles. The van der Waals surface area contributed by atoms with Crippen LogP contribution in [0.3, 0.4) is 0 Å². The summed E-state index contributed by atoms with van der Waals surface area (Å²) in [5, 5.41) is 8.58. The SMILES string of the molecule is CCN(CC#N)Cc1cc(F)cc(Br)c1. The zero-order valence-electron chi connectivity index (χ0n) is 8.50. The largest absolute Gasteiger partial charge is 0.287 e. The van der Waals surface area contributed by atoms with Crippen molar-refractivity contribution in [3.63, 3.8) is 0 Å². The molecule has 0 saturated carbocycles. The van der Waals surface area contributed by atoms with Crippen molar-refractivity contribution in [2.75, 3.05) is 13.1 Å². The average Bonchev–Trinajstić information content (AvgIpc) is 2.15. The van der Waals surface area contributed by atoms with Crippen LogP contribution in [-0.2, 0) is 6.54 Å². The maximum Gasteiger partial charge on any atom is 0.124 e. The molecular weight excluding hydrogens is 259 g/mol. The van der Waals surface area contributed by atoms with E-state index < -0.39 is 0 Å². The van der Waals surface area contributed by atoms with Gasteiger partial charge in [0.2, 0.25) is 0 Å². The minimum absolute atomic E-state index is 0.257. The Morgan fingerprint density at radius 2 is 2.20 bits per heavy atom. The summed E-state index contributed by atoms with van der Waals surface area (Å²) in [6.45, 7) is 3.72. The molecule has 0 aliphatic heterocycles. The number of benzene rings is 1. The van der Waals surface area contributed by atoms with E-state index in [-0.39, 0.29) is 5.82 Å². The number of rotatable bonds is 4. The number of hydrogen-bond donors (Lipinski definition) is 0. The first-order valence-corrected chi connectivity index (χ1v) is 5.49. The third-order valence-corrected chi connectivity index (χ3v) is 2.53. The van der Waals surface area contributed by atoms with E-state index >= 15 is 0 Å². The van der Waals surface area contributed by atoms with Gasteiger partial charge in [-0.05, 0) is 30.3 Å². The van der Waals surface area contributed by atoms with Crippen molar-refractivity contribution in [2.45, 2.75) is 13.5 Å². The van der Waals surface area contributed by atoms with Crippen LogP contribution in [0.5, 0.6) is 0 Å². The number of hydrogen-bond acceptors (Lipinski definition) is 2. The molecule has 0 aliphatic carbocycles. The Kier molecular flexibility index (Phi) is 4.73. The van der Waals surface area contributed by atoms with Gasteiger partial charge in [-0.25, -0.2) is 4.39 Å². The zero-order chi connectivity index (χ0) is 11.3. The molecule has 0 spiro atoms. The summed E-state index contributed by atoms with van der Waals surface area (Å²) >= 11 is 3.24. The van der Waals surface area contributed by atoms with Crippen molar-refractivity contribution >= 4 is 15.9 Å². The van der Waals surface area contributed by atoms with E-state index in [1.165, 1.54) is 12.1 Å². The molecule has 0 amide bonds. The van der Waals surface area contributed by atoms with E-state index in [0.29, 0.717) is 13.1 Å². The number of nitrogens with zero attached hydrogens (tertiary/aromatic N) is 2. The van der Waals surface area contributed by atoms with Gasteiger partial charge in [0, 0.05) is 11.0 Å². The van der Waals surface area contributed by atoms with Crippen LogP contribution in [0.1, 0.15) is 12.5 Å². The normalized spacial score (nSPS) is 10.3. The van der Waals surface area contributed by atoms with Crippen LogP contribution >= 0.6 is 15.9 Å². The van der Waals surface area contributed by atoms with Gasteiger partial charge < -0.3 is 0 Å². The van der Waals surface area contributed by atoms with Gasteiger partial charge in [0.1, 0.15) is 5.82 Å². The average molecular weight is 271 g/mol. The molecule has 0 fully saturated rings. The Bertz CT molecular complexity index is 353. The van der Waals surface area contributed by atoms with E-state index in [0.717, 1.165) is 16.6 Å². The van der Waals surface area contributed by atoms with Crippen LogP contribution in [0.15, 0.2) is 22.7 Å². The Morgan fingerprint density at radius 1 is 1.47 bits per heavy atom. The van der Waals surface area contributed by atoms with Crippen molar-refractivity contribution in [1.29, 1.82) is 5.26 Å². The second kappa shape index (κ2) is 5.84. The van der Waals surface area contributed by atoms with Crippen LogP contribution < -0.4 is 0 Å². The third-order valence-electron chi connectivity index (χ3n) is 2.07. The van der Waals surface area contributed by atoms with E-state index in [1.54, 1.807) is 0 Å². The van der Waals surface area contributed by atoms with Crippen molar-refractivity contribution in [2.24, 2.45) is 0 Å². The molecule has 0 bridgehead atoms. The standard InChI is InChI=1S/C11H12BrFN2/c1-2-15(4-3-14)8-9-5-10(12)7-11(13)6-9/h5-7H,2,4,8H2,1H3. The molecule has 4 heteroatoms. The van der Waals surface area contributed by atoms with Gasteiger partial charge in [-0.3, -0.25) is 4.90 Å². The Balaban J connectivity index is 2.75. The Hall–Kier alpha value is -0.920. The first kappa shape index (κ1) is 12.2. The lowest BCUT2D eigenvalue weighted by atomic mass is 10.2. The number of nitriles is 1. The van der Waals surface area contributed by atoms with Crippen molar-refractivity contribution in [3.05, 3.63) is 34.1 Å². The van der Waals surface area contributed by atoms with E-state index in [9.17, 15) is 4.39 Å². The molecule has 1 aromatic carbocycles. The smallest absolute Gasteiger partial charge is 0.124 e. The monoisotopic (exact) mass is 270 g/mol. The topological polar surface area (TPSA) is 27.0 Å². The molecule has 2 nitrogen and oxygen atoms in total. The van der Waals surface area contributed by atoms with Gasteiger partial charge in [0.15, 0.2) is 0 Å². The highest BCUT2D eigenvalue weighted by Crippen LogP contribution is 2.16. The second-order valence-electron chi connectivity index (χ2n) is 3.24. The quantitative estimate of drug-likeness (QED) is 0.787. The highest BCUT2D eigenvalue weighted by atomic mass is 79.9.